The van der Waals surface area contributed by atoms with E-state index in [9.17, 15) is 14.0 Å². The average Bonchev–Trinajstić information content (AvgIpc) is 2.20. The maximum atomic E-state index is 13.0. The number of rotatable bonds is 5. The van der Waals surface area contributed by atoms with E-state index in [0.717, 1.165) is 0 Å². The summed E-state index contributed by atoms with van der Waals surface area (Å²) in [5, 5.41) is 8.59. The zero-order valence-corrected chi connectivity index (χ0v) is 9.87. The third-order valence-corrected chi connectivity index (χ3v) is 2.54. The fraction of sp³-hybridized carbons (Fsp3) is 0.385. The second-order valence-corrected chi connectivity index (χ2v) is 4.29. The molecule has 17 heavy (non-hydrogen) atoms. The van der Waals surface area contributed by atoms with Gasteiger partial charge in [0.1, 0.15) is 5.82 Å². The summed E-state index contributed by atoms with van der Waals surface area (Å²) in [6, 6.07) is 4.17. The number of hydrogen-bond donors (Lipinski definition) is 1. The molecule has 1 N–H and O–H groups in total. The second-order valence-electron chi connectivity index (χ2n) is 4.29. The van der Waals surface area contributed by atoms with Crippen molar-refractivity contribution in [3.05, 3.63) is 35.1 Å². The minimum atomic E-state index is -0.916. The Morgan fingerprint density at radius 1 is 1.35 bits per heavy atom. The molecule has 4 heteroatoms. The summed E-state index contributed by atoms with van der Waals surface area (Å²) in [5.41, 5.74) is 0.850. The van der Waals surface area contributed by atoms with Crippen LogP contribution in [0.4, 0.5) is 4.39 Å². The Bertz CT molecular complexity index is 440. The third kappa shape index (κ3) is 3.98. The quantitative estimate of drug-likeness (QED) is 0.802. The van der Waals surface area contributed by atoms with Crippen molar-refractivity contribution in [3.8, 4) is 0 Å². The first-order valence-corrected chi connectivity index (χ1v) is 5.41. The van der Waals surface area contributed by atoms with Crippen molar-refractivity contribution in [1.82, 2.24) is 0 Å². The maximum Gasteiger partial charge on any atom is 0.303 e. The van der Waals surface area contributed by atoms with E-state index in [4.69, 9.17) is 5.11 Å². The molecule has 0 amide bonds. The van der Waals surface area contributed by atoms with E-state index in [-0.39, 0.29) is 30.4 Å². The lowest BCUT2D eigenvalue weighted by Crippen LogP contribution is -2.10. The highest BCUT2D eigenvalue weighted by Crippen LogP contribution is 2.15. The number of aryl methyl sites for hydroxylation is 1. The molecule has 0 aliphatic carbocycles. The van der Waals surface area contributed by atoms with Crippen molar-refractivity contribution >= 4 is 11.8 Å². The zero-order valence-electron chi connectivity index (χ0n) is 9.87. The van der Waals surface area contributed by atoms with E-state index in [1.54, 1.807) is 13.8 Å². The van der Waals surface area contributed by atoms with Gasteiger partial charge in [-0.25, -0.2) is 4.39 Å². The number of carboxylic acid groups (broad SMARTS) is 1. The molecule has 1 rings (SSSR count). The lowest BCUT2D eigenvalue weighted by Gasteiger charge is -2.08. The molecule has 0 saturated carbocycles. The molecule has 0 spiro atoms. The Morgan fingerprint density at radius 2 is 2.00 bits per heavy atom. The Balaban J connectivity index is 2.70. The summed E-state index contributed by atoms with van der Waals surface area (Å²) in [5.74, 6) is -1.63. The smallest absolute Gasteiger partial charge is 0.303 e. The normalized spacial score (nSPS) is 12.2. The standard InChI is InChI=1S/C13H15FO3/c1-8(6-13(16)17)5-12(15)10-3-4-11(14)9(2)7-10/h3-4,7-8H,5-6H2,1-2H3,(H,16,17)/t8-/m0/s1. The SMILES string of the molecule is Cc1cc(C(=O)C[C@H](C)CC(=O)O)ccc1F. The topological polar surface area (TPSA) is 54.4 Å². The Kier molecular flexibility index (Phi) is 4.37. The van der Waals surface area contributed by atoms with E-state index < -0.39 is 5.97 Å². The third-order valence-electron chi connectivity index (χ3n) is 2.54. The van der Waals surface area contributed by atoms with Gasteiger partial charge in [-0.2, -0.15) is 0 Å². The van der Waals surface area contributed by atoms with Crippen molar-refractivity contribution in [1.29, 1.82) is 0 Å². The molecule has 0 radical (unpaired) electrons. The first-order chi connectivity index (χ1) is 7.90. The fourth-order valence-electron chi connectivity index (χ4n) is 1.62. The van der Waals surface area contributed by atoms with Crippen LogP contribution in [0.15, 0.2) is 18.2 Å². The largest absolute Gasteiger partial charge is 0.481 e. The van der Waals surface area contributed by atoms with E-state index in [2.05, 4.69) is 0 Å². The summed E-state index contributed by atoms with van der Waals surface area (Å²) in [6.45, 7) is 3.30. The monoisotopic (exact) mass is 238 g/mol. The van der Waals surface area contributed by atoms with E-state index in [0.29, 0.717) is 11.1 Å². The minimum absolute atomic E-state index is 0.0358. The number of hydrogen-bond acceptors (Lipinski definition) is 2. The summed E-state index contributed by atoms with van der Waals surface area (Å²) in [7, 11) is 0. The molecule has 0 bridgehead atoms. The predicted molar refractivity (Wildman–Crippen MR) is 61.5 cm³/mol. The van der Waals surface area contributed by atoms with Crippen LogP contribution in [0, 0.1) is 18.7 Å². The number of benzene rings is 1. The summed E-state index contributed by atoms with van der Waals surface area (Å²) in [4.78, 5) is 22.3. The zero-order chi connectivity index (χ0) is 13.0. The molecule has 0 fully saturated rings. The number of aliphatic carboxylic acids is 1. The van der Waals surface area contributed by atoms with Gasteiger partial charge in [-0.1, -0.05) is 6.92 Å². The molecular weight excluding hydrogens is 223 g/mol. The molecule has 0 aliphatic heterocycles. The van der Waals surface area contributed by atoms with Gasteiger partial charge in [0.25, 0.3) is 0 Å². The van der Waals surface area contributed by atoms with Gasteiger partial charge in [0.05, 0.1) is 0 Å². The molecule has 3 nitrogen and oxygen atoms in total. The van der Waals surface area contributed by atoms with Crippen molar-refractivity contribution in [2.24, 2.45) is 5.92 Å². The van der Waals surface area contributed by atoms with Gasteiger partial charge >= 0.3 is 5.97 Å². The summed E-state index contributed by atoms with van der Waals surface area (Å²) >= 11 is 0. The van der Waals surface area contributed by atoms with Crippen molar-refractivity contribution in [2.45, 2.75) is 26.7 Å². The lowest BCUT2D eigenvalue weighted by molar-refractivity contribution is -0.137. The lowest BCUT2D eigenvalue weighted by atomic mass is 9.96. The molecule has 1 aromatic carbocycles. The number of carbonyl (C=O) groups excluding carboxylic acids is 1. The van der Waals surface area contributed by atoms with Crippen molar-refractivity contribution < 1.29 is 19.1 Å². The van der Waals surface area contributed by atoms with E-state index in [1.165, 1.54) is 18.2 Å². The number of ketones is 1. The molecule has 0 saturated heterocycles. The van der Waals surface area contributed by atoms with Crippen molar-refractivity contribution in [2.75, 3.05) is 0 Å². The van der Waals surface area contributed by atoms with Crippen LogP contribution in [0.3, 0.4) is 0 Å². The Labute approximate surface area is 99.3 Å². The summed E-state index contributed by atoms with van der Waals surface area (Å²) < 4.78 is 13.0. The number of carbonyl (C=O) groups is 2. The molecule has 0 aromatic heterocycles. The average molecular weight is 238 g/mol. The molecular formula is C13H15FO3. The van der Waals surface area contributed by atoms with Gasteiger partial charge in [0.15, 0.2) is 5.78 Å². The van der Waals surface area contributed by atoms with Crippen LogP contribution >= 0.6 is 0 Å². The minimum Gasteiger partial charge on any atom is -0.481 e. The van der Waals surface area contributed by atoms with Crippen molar-refractivity contribution in [3.63, 3.8) is 0 Å². The van der Waals surface area contributed by atoms with Gasteiger partial charge in [-0.05, 0) is 36.6 Å². The van der Waals surface area contributed by atoms with Crippen LogP contribution in [-0.4, -0.2) is 16.9 Å². The van der Waals surface area contributed by atoms with Gasteiger partial charge in [0, 0.05) is 18.4 Å². The van der Waals surface area contributed by atoms with Crippen LogP contribution in [0.2, 0.25) is 0 Å². The van der Waals surface area contributed by atoms with E-state index in [1.807, 2.05) is 0 Å². The number of carboxylic acids is 1. The molecule has 1 atom stereocenters. The van der Waals surface area contributed by atoms with Crippen LogP contribution in [-0.2, 0) is 4.79 Å². The number of Topliss-reactive ketones (excluding diaryl/α,β-unsaturated/α-hetero) is 1. The molecule has 0 unspecified atom stereocenters. The Hall–Kier alpha value is -1.71. The second kappa shape index (κ2) is 5.57. The van der Waals surface area contributed by atoms with Gasteiger partial charge in [0.2, 0.25) is 0 Å². The highest BCUT2D eigenvalue weighted by atomic mass is 19.1. The first-order valence-electron chi connectivity index (χ1n) is 5.41. The molecule has 0 aliphatic rings. The van der Waals surface area contributed by atoms with Gasteiger partial charge in [-0.3, -0.25) is 9.59 Å². The maximum absolute atomic E-state index is 13.0. The van der Waals surface area contributed by atoms with Crippen LogP contribution in [0.5, 0.6) is 0 Å². The van der Waals surface area contributed by atoms with Gasteiger partial charge in [-0.15, -0.1) is 0 Å². The predicted octanol–water partition coefficient (Wildman–Crippen LogP) is 2.82. The molecule has 0 heterocycles. The van der Waals surface area contributed by atoms with Gasteiger partial charge < -0.3 is 5.11 Å². The summed E-state index contributed by atoms with van der Waals surface area (Å²) in [6.07, 6.45) is 0.128. The molecule has 92 valence electrons. The fourth-order valence-corrected chi connectivity index (χ4v) is 1.62. The first kappa shape index (κ1) is 13.4. The van der Waals surface area contributed by atoms with Crippen LogP contribution < -0.4 is 0 Å². The van der Waals surface area contributed by atoms with Crippen LogP contribution in [0.25, 0.3) is 0 Å². The number of halogens is 1. The van der Waals surface area contributed by atoms with E-state index >= 15 is 0 Å². The molecule has 1 aromatic rings. The Morgan fingerprint density at radius 3 is 2.53 bits per heavy atom. The highest BCUT2D eigenvalue weighted by Gasteiger charge is 2.14. The van der Waals surface area contributed by atoms with Crippen LogP contribution in [0.1, 0.15) is 35.7 Å². The highest BCUT2D eigenvalue weighted by molar-refractivity contribution is 5.96.